The fraction of sp³-hybridized carbons (Fsp3) is 0.500. The second-order valence-corrected chi connectivity index (χ2v) is 5.87. The van der Waals surface area contributed by atoms with Crippen LogP contribution in [-0.4, -0.2) is 21.6 Å². The molecule has 1 heterocycles. The number of nitrogens with one attached hydrogen (secondary N) is 1. The van der Waals surface area contributed by atoms with Crippen LogP contribution in [0, 0.1) is 11.7 Å². The highest BCUT2D eigenvalue weighted by atomic mass is 19.1. The minimum absolute atomic E-state index is 0.0222. The normalized spacial score (nSPS) is 15.8. The quantitative estimate of drug-likeness (QED) is 0.854. The van der Waals surface area contributed by atoms with Gasteiger partial charge < -0.3 is 10.1 Å². The van der Waals surface area contributed by atoms with Crippen LogP contribution in [0.4, 0.5) is 4.39 Å². The molecule has 1 atom stereocenters. The molecule has 6 heteroatoms. The summed E-state index contributed by atoms with van der Waals surface area (Å²) < 4.78 is 19.6. The number of nitrogens with zero attached hydrogens (tertiary/aromatic N) is 3. The summed E-state index contributed by atoms with van der Waals surface area (Å²) in [7, 11) is 1.78. The minimum atomic E-state index is -0.300. The molecule has 0 radical (unpaired) electrons. The minimum Gasteiger partial charge on any atom is -0.490 e. The van der Waals surface area contributed by atoms with Crippen molar-refractivity contribution < 1.29 is 9.13 Å². The van der Waals surface area contributed by atoms with Crippen LogP contribution in [0.25, 0.3) is 0 Å². The van der Waals surface area contributed by atoms with Crippen molar-refractivity contribution in [2.24, 2.45) is 13.0 Å². The predicted molar refractivity (Wildman–Crippen MR) is 80.9 cm³/mol. The van der Waals surface area contributed by atoms with Crippen LogP contribution >= 0.6 is 0 Å². The van der Waals surface area contributed by atoms with Crippen molar-refractivity contribution in [3.63, 3.8) is 0 Å². The Labute approximate surface area is 129 Å². The molecule has 5 nitrogen and oxygen atoms in total. The molecule has 1 unspecified atom stereocenters. The Morgan fingerprint density at radius 1 is 1.45 bits per heavy atom. The van der Waals surface area contributed by atoms with Gasteiger partial charge in [0, 0.05) is 19.6 Å². The third-order valence-corrected chi connectivity index (χ3v) is 3.86. The number of aromatic nitrogens is 3. The molecule has 1 aromatic heterocycles. The summed E-state index contributed by atoms with van der Waals surface area (Å²) in [5.74, 6) is 0.662. The number of ether oxygens (including phenoxy) is 1. The van der Waals surface area contributed by atoms with Crippen LogP contribution in [0.1, 0.15) is 37.1 Å². The summed E-state index contributed by atoms with van der Waals surface area (Å²) in [6.45, 7) is 3.21. The Balaban J connectivity index is 1.56. The van der Waals surface area contributed by atoms with Crippen molar-refractivity contribution in [2.75, 3.05) is 6.61 Å². The summed E-state index contributed by atoms with van der Waals surface area (Å²) in [4.78, 5) is 1.52. The zero-order valence-electron chi connectivity index (χ0n) is 12.9. The molecule has 1 aliphatic rings. The van der Waals surface area contributed by atoms with Gasteiger partial charge in [-0.1, -0.05) is 6.07 Å². The standard InChI is InChI=1S/C16H21FN4O/c1-11(18-8-14-9-19-21(2)20-14)13-5-6-16(15(17)7-13)22-10-12-3-4-12/h5-7,9,11-12,18H,3-4,8,10H2,1-2H3. The lowest BCUT2D eigenvalue weighted by atomic mass is 10.1. The van der Waals surface area contributed by atoms with Crippen molar-refractivity contribution in [3.05, 3.63) is 41.5 Å². The smallest absolute Gasteiger partial charge is 0.165 e. The van der Waals surface area contributed by atoms with Crippen molar-refractivity contribution in [1.82, 2.24) is 20.3 Å². The van der Waals surface area contributed by atoms with E-state index in [1.54, 1.807) is 19.3 Å². The molecule has 0 amide bonds. The molecule has 1 fully saturated rings. The lowest BCUT2D eigenvalue weighted by Gasteiger charge is -2.15. The molecule has 1 aromatic carbocycles. The maximum Gasteiger partial charge on any atom is 0.165 e. The van der Waals surface area contributed by atoms with Gasteiger partial charge in [-0.05, 0) is 43.4 Å². The topological polar surface area (TPSA) is 52.0 Å². The highest BCUT2D eigenvalue weighted by molar-refractivity contribution is 5.31. The van der Waals surface area contributed by atoms with E-state index in [2.05, 4.69) is 15.5 Å². The van der Waals surface area contributed by atoms with Crippen LogP contribution in [0.15, 0.2) is 24.4 Å². The lowest BCUT2D eigenvalue weighted by Crippen LogP contribution is -2.18. The fourth-order valence-electron chi connectivity index (χ4n) is 2.24. The zero-order chi connectivity index (χ0) is 15.5. The maximum atomic E-state index is 14.1. The number of rotatable bonds is 7. The second kappa shape index (κ2) is 6.44. The first-order valence-corrected chi connectivity index (χ1v) is 7.62. The molecule has 22 heavy (non-hydrogen) atoms. The molecular weight excluding hydrogens is 283 g/mol. The van der Waals surface area contributed by atoms with E-state index >= 15 is 0 Å². The third-order valence-electron chi connectivity index (χ3n) is 3.86. The van der Waals surface area contributed by atoms with Gasteiger partial charge in [-0.3, -0.25) is 0 Å². The van der Waals surface area contributed by atoms with Crippen LogP contribution in [-0.2, 0) is 13.6 Å². The van der Waals surface area contributed by atoms with Crippen LogP contribution in [0.5, 0.6) is 5.75 Å². The average molecular weight is 304 g/mol. The molecule has 118 valence electrons. The van der Waals surface area contributed by atoms with Gasteiger partial charge in [0.1, 0.15) is 0 Å². The van der Waals surface area contributed by atoms with Gasteiger partial charge in [0.25, 0.3) is 0 Å². The van der Waals surface area contributed by atoms with E-state index in [0.29, 0.717) is 24.8 Å². The number of hydrogen-bond donors (Lipinski definition) is 1. The largest absolute Gasteiger partial charge is 0.490 e. The molecule has 1 aliphatic carbocycles. The van der Waals surface area contributed by atoms with Gasteiger partial charge >= 0.3 is 0 Å². The molecule has 0 aliphatic heterocycles. The summed E-state index contributed by atoms with van der Waals surface area (Å²) in [5.41, 5.74) is 1.75. The molecule has 2 aromatic rings. The third kappa shape index (κ3) is 3.82. The predicted octanol–water partition coefficient (Wildman–Crippen LogP) is 2.59. The van der Waals surface area contributed by atoms with E-state index in [1.165, 1.54) is 23.7 Å². The zero-order valence-corrected chi connectivity index (χ0v) is 12.9. The van der Waals surface area contributed by atoms with Gasteiger partial charge in [-0.15, -0.1) is 0 Å². The van der Waals surface area contributed by atoms with E-state index < -0.39 is 0 Å². The van der Waals surface area contributed by atoms with Gasteiger partial charge in [0.05, 0.1) is 18.5 Å². The van der Waals surface area contributed by atoms with Crippen LogP contribution < -0.4 is 10.1 Å². The summed E-state index contributed by atoms with van der Waals surface area (Å²) in [6, 6.07) is 5.18. The van der Waals surface area contributed by atoms with E-state index in [4.69, 9.17) is 4.74 Å². The van der Waals surface area contributed by atoms with E-state index in [0.717, 1.165) is 11.3 Å². The van der Waals surface area contributed by atoms with Crippen molar-refractivity contribution in [3.8, 4) is 5.75 Å². The Kier molecular flexibility index (Phi) is 4.38. The number of aryl methyl sites for hydroxylation is 1. The van der Waals surface area contributed by atoms with Crippen molar-refractivity contribution >= 4 is 0 Å². The molecular formula is C16H21FN4O. The van der Waals surface area contributed by atoms with Crippen molar-refractivity contribution in [2.45, 2.75) is 32.4 Å². The molecule has 1 saturated carbocycles. The Bertz CT molecular complexity index is 639. The highest BCUT2D eigenvalue weighted by Gasteiger charge is 2.22. The highest BCUT2D eigenvalue weighted by Crippen LogP contribution is 2.30. The van der Waals surface area contributed by atoms with Crippen LogP contribution in [0.2, 0.25) is 0 Å². The monoisotopic (exact) mass is 304 g/mol. The molecule has 0 bridgehead atoms. The first kappa shape index (κ1) is 15.0. The molecule has 1 N–H and O–H groups in total. The van der Waals surface area contributed by atoms with Gasteiger partial charge in [-0.2, -0.15) is 15.0 Å². The van der Waals surface area contributed by atoms with Gasteiger partial charge in [0.2, 0.25) is 0 Å². The first-order chi connectivity index (χ1) is 10.6. The number of halogens is 1. The van der Waals surface area contributed by atoms with Crippen LogP contribution in [0.3, 0.4) is 0 Å². The molecule has 3 rings (SSSR count). The summed E-state index contributed by atoms with van der Waals surface area (Å²) in [6.07, 6.45) is 4.11. The average Bonchev–Trinajstić information content (AvgIpc) is 3.24. The number of hydrogen-bond acceptors (Lipinski definition) is 4. The van der Waals surface area contributed by atoms with Gasteiger partial charge in [0.15, 0.2) is 11.6 Å². The molecule has 0 saturated heterocycles. The Hall–Kier alpha value is -1.95. The number of benzene rings is 1. The Morgan fingerprint density at radius 3 is 2.91 bits per heavy atom. The lowest BCUT2D eigenvalue weighted by molar-refractivity contribution is 0.285. The van der Waals surface area contributed by atoms with E-state index in [9.17, 15) is 4.39 Å². The fourth-order valence-corrected chi connectivity index (χ4v) is 2.24. The SMILES string of the molecule is CC(NCc1cnn(C)n1)c1ccc(OCC2CC2)c(F)c1. The summed E-state index contributed by atoms with van der Waals surface area (Å²) >= 11 is 0. The van der Waals surface area contributed by atoms with Crippen molar-refractivity contribution in [1.29, 1.82) is 0 Å². The first-order valence-electron chi connectivity index (χ1n) is 7.62. The molecule has 0 spiro atoms. The second-order valence-electron chi connectivity index (χ2n) is 5.87. The Morgan fingerprint density at radius 2 is 2.27 bits per heavy atom. The van der Waals surface area contributed by atoms with Gasteiger partial charge in [-0.25, -0.2) is 4.39 Å². The van der Waals surface area contributed by atoms with E-state index in [1.807, 2.05) is 13.0 Å². The maximum absolute atomic E-state index is 14.1. The van der Waals surface area contributed by atoms with E-state index in [-0.39, 0.29) is 11.9 Å². The summed E-state index contributed by atoms with van der Waals surface area (Å²) in [5, 5.41) is 11.5.